The molecule has 14 heteroatoms. The molecule has 1 atom stereocenters. The van der Waals surface area contributed by atoms with Crippen LogP contribution < -0.4 is 16.0 Å². The number of carbonyl (C=O) groups excluding carboxylic acids is 3. The first-order valence-electron chi connectivity index (χ1n) is 12.1. The average molecular weight is 587 g/mol. The molecular weight excluding hydrogens is 565 g/mol. The van der Waals surface area contributed by atoms with E-state index in [2.05, 4.69) is 25.2 Å². The van der Waals surface area contributed by atoms with Crippen LogP contribution in [0.5, 0.6) is 0 Å². The van der Waals surface area contributed by atoms with E-state index in [1.807, 2.05) is 10.7 Å². The van der Waals surface area contributed by atoms with Gasteiger partial charge in [0.05, 0.1) is 5.69 Å². The van der Waals surface area contributed by atoms with Crippen molar-refractivity contribution >= 4 is 45.7 Å². The number of fused-ring (bicyclic) bond motifs is 1. The summed E-state index contributed by atoms with van der Waals surface area (Å²) >= 11 is 2.42. The third-order valence-electron chi connectivity index (χ3n) is 6.20. The summed E-state index contributed by atoms with van der Waals surface area (Å²) in [4.78, 5) is 41.9. The summed E-state index contributed by atoms with van der Waals surface area (Å²) in [6.45, 7) is 0.203. The Bertz CT molecular complexity index is 1540. The molecule has 0 fully saturated rings. The molecule has 1 unspecified atom stereocenters. The fourth-order valence-electron chi connectivity index (χ4n) is 4.18. The maximum atomic E-state index is 12.9. The zero-order valence-corrected chi connectivity index (χ0v) is 22.3. The van der Waals surface area contributed by atoms with E-state index in [-0.39, 0.29) is 18.9 Å². The number of amides is 3. The number of carbonyl (C=O) groups is 3. The Kier molecular flexibility index (Phi) is 7.89. The molecule has 0 bridgehead atoms. The Morgan fingerprint density at radius 2 is 1.82 bits per heavy atom. The van der Waals surface area contributed by atoms with Crippen molar-refractivity contribution in [3.8, 4) is 11.3 Å². The Morgan fingerprint density at radius 3 is 2.55 bits per heavy atom. The lowest BCUT2D eigenvalue weighted by Gasteiger charge is -2.22. The highest BCUT2D eigenvalue weighted by Gasteiger charge is 2.40. The van der Waals surface area contributed by atoms with Gasteiger partial charge < -0.3 is 10.6 Å². The van der Waals surface area contributed by atoms with Gasteiger partial charge in [-0.2, -0.15) is 13.2 Å². The van der Waals surface area contributed by atoms with Crippen LogP contribution in [0.25, 0.3) is 11.3 Å². The van der Waals surface area contributed by atoms with E-state index in [0.29, 0.717) is 40.4 Å². The van der Waals surface area contributed by atoms with Crippen molar-refractivity contribution in [3.05, 3.63) is 81.2 Å². The van der Waals surface area contributed by atoms with Crippen molar-refractivity contribution in [2.45, 2.75) is 38.0 Å². The molecule has 0 aliphatic heterocycles. The number of hydrogen-bond acceptors (Lipinski definition) is 8. The maximum absolute atomic E-state index is 12.9. The third-order valence-corrected chi connectivity index (χ3v) is 7.74. The van der Waals surface area contributed by atoms with Gasteiger partial charge in [-0.3, -0.25) is 19.7 Å². The molecule has 2 heterocycles. The highest BCUT2D eigenvalue weighted by molar-refractivity contribution is 7.15. The fraction of sp³-hybridized carbons (Fsp3) is 0.231. The van der Waals surface area contributed by atoms with Crippen LogP contribution in [0.2, 0.25) is 0 Å². The van der Waals surface area contributed by atoms with Crippen molar-refractivity contribution in [2.24, 2.45) is 0 Å². The summed E-state index contributed by atoms with van der Waals surface area (Å²) in [6.07, 6.45) is -4.00. The highest BCUT2D eigenvalue weighted by Crippen LogP contribution is 2.30. The van der Waals surface area contributed by atoms with Crippen molar-refractivity contribution in [1.82, 2.24) is 25.2 Å². The summed E-state index contributed by atoms with van der Waals surface area (Å²) in [7, 11) is 0. The second-order valence-electron chi connectivity index (χ2n) is 9.00. The van der Waals surface area contributed by atoms with Crippen molar-refractivity contribution in [1.29, 1.82) is 0 Å². The Morgan fingerprint density at radius 1 is 1.02 bits per heavy atom. The Balaban J connectivity index is 1.16. The third kappa shape index (κ3) is 6.51. The standard InChI is InChI=1S/C26H21F3N6O3S2/c27-26(28,29)24(38)31-18-8-9-19-21(11-18)40-25(32-19)33-23(37)17-3-1-2-14(10-17)12-30-22(36)16-6-4-15(5-7-16)20-13-39-35-34-20/h1-7,10,13,18H,8-9,11-12H2,(H,30,36)(H,31,38)(H,32,33,37). The van der Waals surface area contributed by atoms with Crippen LogP contribution in [0.3, 0.4) is 0 Å². The van der Waals surface area contributed by atoms with Crippen molar-refractivity contribution < 1.29 is 27.6 Å². The first-order chi connectivity index (χ1) is 19.2. The molecule has 206 valence electrons. The first-order valence-corrected chi connectivity index (χ1v) is 13.7. The zero-order valence-electron chi connectivity index (χ0n) is 20.6. The fourth-order valence-corrected chi connectivity index (χ4v) is 5.73. The number of rotatable bonds is 7. The lowest BCUT2D eigenvalue weighted by atomic mass is 9.97. The highest BCUT2D eigenvalue weighted by atomic mass is 32.1. The molecule has 1 aliphatic rings. The molecule has 0 radical (unpaired) electrons. The number of nitrogens with zero attached hydrogens (tertiary/aromatic N) is 3. The molecular formula is C26H21F3N6O3S2. The number of halogens is 3. The van der Waals surface area contributed by atoms with Crippen LogP contribution >= 0.6 is 22.9 Å². The molecule has 0 saturated carbocycles. The van der Waals surface area contributed by atoms with E-state index in [4.69, 9.17) is 0 Å². The number of aromatic nitrogens is 3. The molecule has 2 aromatic heterocycles. The van der Waals surface area contributed by atoms with E-state index in [1.165, 1.54) is 22.9 Å². The zero-order chi connectivity index (χ0) is 28.3. The molecule has 1 aliphatic carbocycles. The lowest BCUT2D eigenvalue weighted by Crippen LogP contribution is -2.45. The van der Waals surface area contributed by atoms with Gasteiger partial charge in [0.25, 0.3) is 11.8 Å². The number of aryl methyl sites for hydroxylation is 1. The van der Waals surface area contributed by atoms with Gasteiger partial charge in [-0.1, -0.05) is 28.8 Å². The van der Waals surface area contributed by atoms with Gasteiger partial charge in [-0.15, -0.1) is 16.4 Å². The number of benzene rings is 2. The molecule has 3 amide bonds. The number of nitrogens with one attached hydrogen (secondary N) is 3. The van der Waals surface area contributed by atoms with Crippen LogP contribution in [-0.2, 0) is 24.2 Å². The van der Waals surface area contributed by atoms with Crippen LogP contribution in [0, 0.1) is 0 Å². The second-order valence-corrected chi connectivity index (χ2v) is 10.7. The average Bonchev–Trinajstić information content (AvgIpc) is 3.61. The topological polar surface area (TPSA) is 126 Å². The molecule has 5 rings (SSSR count). The van der Waals surface area contributed by atoms with Crippen LogP contribution in [0.15, 0.2) is 53.9 Å². The van der Waals surface area contributed by atoms with E-state index >= 15 is 0 Å². The molecule has 40 heavy (non-hydrogen) atoms. The number of hydrogen-bond donors (Lipinski definition) is 3. The molecule has 4 aromatic rings. The number of anilines is 1. The monoisotopic (exact) mass is 586 g/mol. The first kappa shape index (κ1) is 27.4. The van der Waals surface area contributed by atoms with Gasteiger partial charge in [0.15, 0.2) is 5.13 Å². The summed E-state index contributed by atoms with van der Waals surface area (Å²) in [6, 6.07) is 13.1. The predicted octanol–water partition coefficient (Wildman–Crippen LogP) is 4.38. The van der Waals surface area contributed by atoms with E-state index in [9.17, 15) is 27.6 Å². The molecule has 9 nitrogen and oxygen atoms in total. The molecule has 2 aromatic carbocycles. The minimum absolute atomic E-state index is 0.203. The van der Waals surface area contributed by atoms with Gasteiger partial charge in [0, 0.05) is 46.0 Å². The maximum Gasteiger partial charge on any atom is 0.471 e. The van der Waals surface area contributed by atoms with E-state index in [1.54, 1.807) is 48.5 Å². The Labute approximate surface area is 234 Å². The van der Waals surface area contributed by atoms with Gasteiger partial charge >= 0.3 is 12.1 Å². The van der Waals surface area contributed by atoms with Gasteiger partial charge in [-0.25, -0.2) is 4.98 Å². The summed E-state index contributed by atoms with van der Waals surface area (Å²) in [5.74, 6) is -2.64. The predicted molar refractivity (Wildman–Crippen MR) is 143 cm³/mol. The van der Waals surface area contributed by atoms with Crippen LogP contribution in [-0.4, -0.2) is 44.5 Å². The minimum Gasteiger partial charge on any atom is -0.348 e. The van der Waals surface area contributed by atoms with E-state index in [0.717, 1.165) is 16.1 Å². The lowest BCUT2D eigenvalue weighted by molar-refractivity contribution is -0.174. The van der Waals surface area contributed by atoms with Gasteiger partial charge in [0.1, 0.15) is 5.69 Å². The largest absolute Gasteiger partial charge is 0.471 e. The summed E-state index contributed by atoms with van der Waals surface area (Å²) in [5, 5.41) is 13.7. The summed E-state index contributed by atoms with van der Waals surface area (Å²) in [5.41, 5.74) is 3.85. The van der Waals surface area contributed by atoms with Crippen LogP contribution in [0.1, 0.15) is 43.3 Å². The quantitative estimate of drug-likeness (QED) is 0.295. The summed E-state index contributed by atoms with van der Waals surface area (Å²) < 4.78 is 41.5. The Hall–Kier alpha value is -4.17. The van der Waals surface area contributed by atoms with Crippen molar-refractivity contribution in [3.63, 3.8) is 0 Å². The molecule has 0 saturated heterocycles. The van der Waals surface area contributed by atoms with Crippen LogP contribution in [0.4, 0.5) is 18.3 Å². The number of alkyl halides is 3. The molecule has 3 N–H and O–H groups in total. The molecule has 0 spiro atoms. The van der Waals surface area contributed by atoms with E-state index < -0.39 is 24.0 Å². The van der Waals surface area contributed by atoms with Crippen molar-refractivity contribution in [2.75, 3.05) is 5.32 Å². The number of thiazole rings is 1. The van der Waals surface area contributed by atoms with Gasteiger partial charge in [0.2, 0.25) is 0 Å². The minimum atomic E-state index is -4.93. The smallest absolute Gasteiger partial charge is 0.348 e. The normalized spacial score (nSPS) is 14.7. The SMILES string of the molecule is O=C(NCc1cccc(C(=O)Nc2nc3c(s2)CC(NC(=O)C(F)(F)F)CC3)c1)c1ccc(-c2csnn2)cc1. The second kappa shape index (κ2) is 11.5. The van der Waals surface area contributed by atoms with Gasteiger partial charge in [-0.05, 0) is 54.2 Å².